The number of benzene rings is 1. The molecule has 0 spiro atoms. The predicted octanol–water partition coefficient (Wildman–Crippen LogP) is 3.33. The van der Waals surface area contributed by atoms with Crippen molar-refractivity contribution in [3.05, 3.63) is 54.0 Å². The summed E-state index contributed by atoms with van der Waals surface area (Å²) >= 11 is 0. The molecular weight excluding hydrogens is 360 g/mol. The summed E-state index contributed by atoms with van der Waals surface area (Å²) in [4.78, 5) is 9.59. The van der Waals surface area contributed by atoms with E-state index in [-0.39, 0.29) is 6.04 Å². The highest BCUT2D eigenvalue weighted by atomic mass is 32.2. The number of hydrogen-bond donors (Lipinski definition) is 0. The average Bonchev–Trinajstić information content (AvgIpc) is 3.07. The lowest BCUT2D eigenvalue weighted by Crippen LogP contribution is -2.39. The molecule has 27 heavy (non-hydrogen) atoms. The Morgan fingerprint density at radius 1 is 1.11 bits per heavy atom. The summed E-state index contributed by atoms with van der Waals surface area (Å²) in [5.41, 5.74) is 2.86. The minimum absolute atomic E-state index is 0.226. The van der Waals surface area contributed by atoms with E-state index in [0.717, 1.165) is 41.8 Å². The molecule has 0 N–H and O–H groups in total. The van der Waals surface area contributed by atoms with Gasteiger partial charge < -0.3 is 4.57 Å². The Bertz CT molecular complexity index is 1050. The molecule has 0 saturated carbocycles. The van der Waals surface area contributed by atoms with Crippen LogP contribution in [0.3, 0.4) is 0 Å². The van der Waals surface area contributed by atoms with E-state index in [9.17, 15) is 8.42 Å². The molecule has 0 aliphatic carbocycles. The van der Waals surface area contributed by atoms with Gasteiger partial charge in [0.15, 0.2) is 5.65 Å². The van der Waals surface area contributed by atoms with Crippen LogP contribution in [0.1, 0.15) is 37.2 Å². The number of rotatable bonds is 4. The molecule has 7 heteroatoms. The second-order valence-corrected chi connectivity index (χ2v) is 8.98. The second kappa shape index (κ2) is 7.05. The minimum atomic E-state index is -3.44. The van der Waals surface area contributed by atoms with Gasteiger partial charge in [-0.25, -0.2) is 18.4 Å². The number of nitrogens with zero attached hydrogens (tertiary/aromatic N) is 4. The van der Waals surface area contributed by atoms with E-state index >= 15 is 0 Å². The molecule has 1 fully saturated rings. The molecule has 1 aliphatic heterocycles. The summed E-state index contributed by atoms with van der Waals surface area (Å²) in [5, 5.41) is 0. The number of imidazole rings is 1. The van der Waals surface area contributed by atoms with Gasteiger partial charge in [0.05, 0.1) is 4.90 Å². The van der Waals surface area contributed by atoms with Crippen molar-refractivity contribution in [2.24, 2.45) is 0 Å². The van der Waals surface area contributed by atoms with Crippen molar-refractivity contribution in [2.75, 3.05) is 13.1 Å². The maximum absolute atomic E-state index is 12.9. The van der Waals surface area contributed by atoms with E-state index in [2.05, 4.69) is 16.5 Å². The lowest BCUT2D eigenvalue weighted by Gasteiger charge is -2.32. The lowest BCUT2D eigenvalue weighted by atomic mass is 10.1. The quantitative estimate of drug-likeness (QED) is 0.692. The average molecular weight is 385 g/mol. The van der Waals surface area contributed by atoms with Crippen LogP contribution in [0.25, 0.3) is 11.2 Å². The Hall–Kier alpha value is -2.25. The maximum atomic E-state index is 12.9. The van der Waals surface area contributed by atoms with Crippen molar-refractivity contribution in [3.8, 4) is 0 Å². The van der Waals surface area contributed by atoms with Crippen LogP contribution in [-0.2, 0) is 16.4 Å². The van der Waals surface area contributed by atoms with Gasteiger partial charge in [0.2, 0.25) is 10.0 Å². The fourth-order valence-electron chi connectivity index (χ4n) is 3.81. The molecule has 0 radical (unpaired) electrons. The van der Waals surface area contributed by atoms with Gasteiger partial charge in [-0.1, -0.05) is 24.6 Å². The zero-order valence-corrected chi connectivity index (χ0v) is 16.5. The molecular formula is C20H24N4O2S. The molecule has 0 atom stereocenters. The summed E-state index contributed by atoms with van der Waals surface area (Å²) in [5.74, 6) is 1.02. The van der Waals surface area contributed by atoms with Crippen molar-refractivity contribution in [2.45, 2.75) is 44.0 Å². The standard InChI is InChI=1S/C20H24N4O2S/c1-3-19-22-18-5-4-12-21-20(18)24(19)16-10-13-23(14-11-16)27(25,26)17-8-6-15(2)7-9-17/h4-9,12,16H,3,10-11,13-14H2,1-2H3. The SMILES string of the molecule is CCc1nc2cccnc2n1C1CCN(S(=O)(=O)c2ccc(C)cc2)CC1. The Labute approximate surface area is 159 Å². The van der Waals surface area contributed by atoms with Gasteiger partial charge in [-0.3, -0.25) is 0 Å². The summed E-state index contributed by atoms with van der Waals surface area (Å²) in [7, 11) is -3.44. The molecule has 1 aliphatic rings. The molecule has 0 amide bonds. The maximum Gasteiger partial charge on any atom is 0.243 e. The number of sulfonamides is 1. The highest BCUT2D eigenvalue weighted by Gasteiger charge is 2.31. The van der Waals surface area contributed by atoms with E-state index in [1.165, 1.54) is 0 Å². The highest BCUT2D eigenvalue weighted by Crippen LogP contribution is 2.30. The van der Waals surface area contributed by atoms with E-state index in [4.69, 9.17) is 4.98 Å². The molecule has 0 unspecified atom stereocenters. The molecule has 142 valence electrons. The topological polar surface area (TPSA) is 68.1 Å². The van der Waals surface area contributed by atoms with Crippen LogP contribution in [-0.4, -0.2) is 40.3 Å². The molecule has 0 bridgehead atoms. The Morgan fingerprint density at radius 2 is 1.81 bits per heavy atom. The Morgan fingerprint density at radius 3 is 2.48 bits per heavy atom. The first-order valence-corrected chi connectivity index (χ1v) is 10.8. The van der Waals surface area contributed by atoms with Gasteiger partial charge >= 0.3 is 0 Å². The third kappa shape index (κ3) is 3.26. The van der Waals surface area contributed by atoms with E-state index in [1.54, 1.807) is 22.6 Å². The minimum Gasteiger partial charge on any atom is -0.309 e. The molecule has 1 saturated heterocycles. The van der Waals surface area contributed by atoms with Crippen LogP contribution >= 0.6 is 0 Å². The van der Waals surface area contributed by atoms with Crippen molar-refractivity contribution in [1.82, 2.24) is 18.8 Å². The van der Waals surface area contributed by atoms with Crippen LogP contribution < -0.4 is 0 Å². The molecule has 6 nitrogen and oxygen atoms in total. The van der Waals surface area contributed by atoms with Gasteiger partial charge in [0.1, 0.15) is 11.3 Å². The van der Waals surface area contributed by atoms with Gasteiger partial charge in [-0.2, -0.15) is 4.31 Å². The van der Waals surface area contributed by atoms with Crippen molar-refractivity contribution in [3.63, 3.8) is 0 Å². The number of fused-ring (bicyclic) bond motifs is 1. The van der Waals surface area contributed by atoms with Crippen LogP contribution in [0.4, 0.5) is 0 Å². The van der Waals surface area contributed by atoms with Gasteiger partial charge in [-0.05, 0) is 44.0 Å². The fraction of sp³-hybridized carbons (Fsp3) is 0.400. The smallest absolute Gasteiger partial charge is 0.243 e. The highest BCUT2D eigenvalue weighted by molar-refractivity contribution is 7.89. The van der Waals surface area contributed by atoms with E-state index in [1.807, 2.05) is 31.2 Å². The first kappa shape index (κ1) is 18.1. The monoisotopic (exact) mass is 384 g/mol. The van der Waals surface area contributed by atoms with Crippen LogP contribution in [0.2, 0.25) is 0 Å². The zero-order chi connectivity index (χ0) is 19.0. The van der Waals surface area contributed by atoms with E-state index < -0.39 is 10.0 Å². The molecule has 4 rings (SSSR count). The second-order valence-electron chi connectivity index (χ2n) is 7.05. The molecule has 3 aromatic rings. The Kier molecular flexibility index (Phi) is 4.74. The van der Waals surface area contributed by atoms with Crippen LogP contribution in [0.15, 0.2) is 47.5 Å². The molecule has 3 heterocycles. The van der Waals surface area contributed by atoms with Crippen LogP contribution in [0, 0.1) is 6.92 Å². The fourth-order valence-corrected chi connectivity index (χ4v) is 5.28. The van der Waals surface area contributed by atoms with Crippen molar-refractivity contribution < 1.29 is 8.42 Å². The first-order chi connectivity index (χ1) is 13.0. The van der Waals surface area contributed by atoms with Gasteiger partial charge in [-0.15, -0.1) is 0 Å². The first-order valence-electron chi connectivity index (χ1n) is 9.39. The zero-order valence-electron chi connectivity index (χ0n) is 15.7. The van der Waals surface area contributed by atoms with Crippen molar-refractivity contribution >= 4 is 21.2 Å². The summed E-state index contributed by atoms with van der Waals surface area (Å²) in [6.45, 7) is 5.07. The largest absolute Gasteiger partial charge is 0.309 e. The predicted molar refractivity (Wildman–Crippen MR) is 105 cm³/mol. The summed E-state index contributed by atoms with van der Waals surface area (Å²) in [6.07, 6.45) is 4.15. The van der Waals surface area contributed by atoms with Crippen molar-refractivity contribution in [1.29, 1.82) is 0 Å². The molecule has 2 aromatic heterocycles. The van der Waals surface area contributed by atoms with Gasteiger partial charge in [0, 0.05) is 31.7 Å². The van der Waals surface area contributed by atoms with E-state index in [0.29, 0.717) is 18.0 Å². The number of hydrogen-bond acceptors (Lipinski definition) is 4. The van der Waals surface area contributed by atoms with Gasteiger partial charge in [0.25, 0.3) is 0 Å². The third-order valence-electron chi connectivity index (χ3n) is 5.29. The van der Waals surface area contributed by atoms with Crippen LogP contribution in [0.5, 0.6) is 0 Å². The number of aryl methyl sites for hydroxylation is 2. The number of aromatic nitrogens is 3. The lowest BCUT2D eigenvalue weighted by molar-refractivity contribution is 0.273. The number of piperidine rings is 1. The third-order valence-corrected chi connectivity index (χ3v) is 7.20. The number of pyridine rings is 1. The normalized spacial score (nSPS) is 16.8. The Balaban J connectivity index is 1.57. The summed E-state index contributed by atoms with van der Waals surface area (Å²) < 4.78 is 29.7. The molecule has 1 aromatic carbocycles. The summed E-state index contributed by atoms with van der Waals surface area (Å²) in [6, 6.07) is 11.2.